The van der Waals surface area contributed by atoms with Gasteiger partial charge in [0, 0.05) is 30.4 Å². The summed E-state index contributed by atoms with van der Waals surface area (Å²) in [7, 11) is 0. The van der Waals surface area contributed by atoms with Crippen LogP contribution in [0.1, 0.15) is 0 Å². The number of ether oxygens (including phenoxy) is 1. The van der Waals surface area contributed by atoms with E-state index in [-0.39, 0.29) is 0 Å². The number of carboxylic acid groups (broad SMARTS) is 1. The van der Waals surface area contributed by atoms with Crippen molar-refractivity contribution in [1.82, 2.24) is 24.7 Å². The molecule has 1 aliphatic heterocycles. The number of benzene rings is 2. The van der Waals surface area contributed by atoms with Gasteiger partial charge < -0.3 is 20.1 Å². The Bertz CT molecular complexity index is 1340. The first-order chi connectivity index (χ1) is 17.2. The summed E-state index contributed by atoms with van der Waals surface area (Å²) >= 11 is 6.23. The molecule has 4 aromatic rings. The molecule has 1 fully saturated rings. The number of alkyl halides is 3. The van der Waals surface area contributed by atoms with Crippen LogP contribution in [0.2, 0.25) is 5.02 Å². The van der Waals surface area contributed by atoms with Crippen LogP contribution in [-0.4, -0.2) is 68.3 Å². The molecule has 0 unspecified atom stereocenters. The van der Waals surface area contributed by atoms with Gasteiger partial charge in [-0.15, -0.1) is 5.10 Å². The van der Waals surface area contributed by atoms with Gasteiger partial charge in [0.05, 0.1) is 29.4 Å². The van der Waals surface area contributed by atoms with Gasteiger partial charge in [-0.3, -0.25) is 0 Å². The van der Waals surface area contributed by atoms with Crippen LogP contribution in [-0.2, 0) is 9.53 Å². The van der Waals surface area contributed by atoms with E-state index in [0.29, 0.717) is 24.2 Å². The van der Waals surface area contributed by atoms with Crippen LogP contribution in [0.25, 0.3) is 16.6 Å². The summed E-state index contributed by atoms with van der Waals surface area (Å²) in [6, 6.07) is 13.5. The first-order valence-electron chi connectivity index (χ1n) is 10.5. The minimum absolute atomic E-state index is 0.494. The van der Waals surface area contributed by atoms with Gasteiger partial charge >= 0.3 is 12.1 Å². The molecule has 36 heavy (non-hydrogen) atoms. The van der Waals surface area contributed by atoms with E-state index < -0.39 is 12.1 Å². The molecule has 0 radical (unpaired) electrons. The fraction of sp³-hybridized carbons (Fsp3) is 0.227. The third-order valence-electron chi connectivity index (χ3n) is 4.97. The van der Waals surface area contributed by atoms with Crippen LogP contribution in [0.3, 0.4) is 0 Å². The number of aromatic nitrogens is 5. The molecule has 0 bridgehead atoms. The summed E-state index contributed by atoms with van der Waals surface area (Å²) in [6.07, 6.45) is -1.60. The smallest absolute Gasteiger partial charge is 0.475 e. The number of nitrogens with one attached hydrogen (secondary N) is 1. The lowest BCUT2D eigenvalue weighted by molar-refractivity contribution is -0.192. The molecule has 0 spiro atoms. The second-order valence-electron chi connectivity index (χ2n) is 7.43. The fourth-order valence-electron chi connectivity index (χ4n) is 3.19. The molecule has 0 atom stereocenters. The van der Waals surface area contributed by atoms with Gasteiger partial charge in [0.25, 0.3) is 0 Å². The van der Waals surface area contributed by atoms with Crippen molar-refractivity contribution in [3.05, 3.63) is 60.0 Å². The predicted octanol–water partition coefficient (Wildman–Crippen LogP) is 4.08. The number of carboxylic acids is 1. The molecule has 3 heterocycles. The van der Waals surface area contributed by atoms with E-state index in [1.165, 1.54) is 0 Å². The summed E-state index contributed by atoms with van der Waals surface area (Å²) in [4.78, 5) is 24.3. The molecule has 2 N–H and O–H groups in total. The molecule has 1 aliphatic rings. The maximum absolute atomic E-state index is 10.6. The number of morpholine rings is 1. The van der Waals surface area contributed by atoms with Crippen LogP contribution in [0.15, 0.2) is 55.0 Å². The molecule has 5 rings (SSSR count). The monoisotopic (exact) mass is 521 g/mol. The zero-order valence-electron chi connectivity index (χ0n) is 18.5. The fourth-order valence-corrected chi connectivity index (χ4v) is 3.42. The Morgan fingerprint density at radius 1 is 1.08 bits per heavy atom. The van der Waals surface area contributed by atoms with Crippen LogP contribution in [0, 0.1) is 0 Å². The van der Waals surface area contributed by atoms with Crippen molar-refractivity contribution >= 4 is 46.1 Å². The highest BCUT2D eigenvalue weighted by Gasteiger charge is 2.38. The third kappa shape index (κ3) is 6.17. The van der Waals surface area contributed by atoms with Crippen molar-refractivity contribution in [3.8, 4) is 5.69 Å². The maximum Gasteiger partial charge on any atom is 0.490 e. The van der Waals surface area contributed by atoms with E-state index in [4.69, 9.17) is 26.2 Å². The first kappa shape index (κ1) is 25.1. The maximum atomic E-state index is 10.6. The van der Waals surface area contributed by atoms with Crippen molar-refractivity contribution in [3.63, 3.8) is 0 Å². The molecule has 188 valence electrons. The largest absolute Gasteiger partial charge is 0.490 e. The van der Waals surface area contributed by atoms with Gasteiger partial charge in [-0.25, -0.2) is 19.4 Å². The molecular formula is C22H19ClF3N7O3. The number of anilines is 3. The SMILES string of the molecule is Clc1cccc2cnc(Nc3ccc(-n4cnc(N5CCOCC5)n4)cc3)nc12.O=C(O)C(F)(F)F. The van der Waals surface area contributed by atoms with E-state index in [0.717, 1.165) is 41.3 Å². The normalized spacial score (nSPS) is 13.7. The standard InChI is InChI=1S/C20H18ClN7O.C2HF3O2/c21-17-3-1-2-14-12-22-19(25-18(14)17)24-15-4-6-16(7-5-15)28-13-23-20(26-28)27-8-10-29-11-9-27;3-2(4,5)1(6)7/h1-7,12-13H,8-11H2,(H,22,24,25);(H,6,7). The van der Waals surface area contributed by atoms with Gasteiger partial charge in [-0.2, -0.15) is 18.2 Å². The van der Waals surface area contributed by atoms with Crippen molar-refractivity contribution in [2.24, 2.45) is 0 Å². The number of fused-ring (bicyclic) bond motifs is 1. The molecule has 0 aliphatic carbocycles. The van der Waals surface area contributed by atoms with Gasteiger partial charge in [0.1, 0.15) is 6.33 Å². The lowest BCUT2D eigenvalue weighted by atomic mass is 10.2. The Balaban J connectivity index is 0.000000384. The second-order valence-corrected chi connectivity index (χ2v) is 7.84. The Kier molecular flexibility index (Phi) is 7.50. The molecule has 2 aromatic heterocycles. The zero-order valence-corrected chi connectivity index (χ0v) is 19.2. The Hall–Kier alpha value is -3.97. The minimum atomic E-state index is -5.08. The summed E-state index contributed by atoms with van der Waals surface area (Å²) < 4.78 is 38.9. The lowest BCUT2D eigenvalue weighted by Gasteiger charge is -2.25. The zero-order chi connectivity index (χ0) is 25.7. The summed E-state index contributed by atoms with van der Waals surface area (Å²) in [5.41, 5.74) is 2.51. The van der Waals surface area contributed by atoms with Gasteiger partial charge in [0.2, 0.25) is 11.9 Å². The lowest BCUT2D eigenvalue weighted by Crippen LogP contribution is -2.37. The molecular weight excluding hydrogens is 503 g/mol. The molecule has 10 nitrogen and oxygen atoms in total. The number of rotatable bonds is 4. The number of hydrogen-bond acceptors (Lipinski definition) is 8. The van der Waals surface area contributed by atoms with E-state index in [9.17, 15) is 13.2 Å². The average molecular weight is 522 g/mol. The van der Waals surface area contributed by atoms with E-state index in [2.05, 4.69) is 30.3 Å². The van der Waals surface area contributed by atoms with Crippen molar-refractivity contribution in [2.75, 3.05) is 36.5 Å². The third-order valence-corrected chi connectivity index (χ3v) is 5.27. The van der Waals surface area contributed by atoms with Crippen LogP contribution in [0.4, 0.5) is 30.8 Å². The number of aliphatic carboxylic acids is 1. The summed E-state index contributed by atoms with van der Waals surface area (Å²) in [5.74, 6) is -1.54. The van der Waals surface area contributed by atoms with Crippen molar-refractivity contribution in [1.29, 1.82) is 0 Å². The molecule has 0 amide bonds. The number of para-hydroxylation sites is 1. The number of nitrogens with zero attached hydrogens (tertiary/aromatic N) is 6. The first-order valence-corrected chi connectivity index (χ1v) is 10.9. The highest BCUT2D eigenvalue weighted by molar-refractivity contribution is 6.35. The van der Waals surface area contributed by atoms with Gasteiger partial charge in [0.15, 0.2) is 0 Å². The number of halogens is 4. The van der Waals surface area contributed by atoms with Crippen molar-refractivity contribution < 1.29 is 27.8 Å². The summed E-state index contributed by atoms with van der Waals surface area (Å²) in [5, 5.41) is 16.4. The van der Waals surface area contributed by atoms with Gasteiger partial charge in [-0.1, -0.05) is 23.7 Å². The second kappa shape index (κ2) is 10.7. The van der Waals surface area contributed by atoms with Gasteiger partial charge in [-0.05, 0) is 30.3 Å². The highest BCUT2D eigenvalue weighted by atomic mass is 35.5. The van der Waals surface area contributed by atoms with E-state index in [1.54, 1.807) is 17.2 Å². The average Bonchev–Trinajstić information content (AvgIpc) is 3.36. The quantitative estimate of drug-likeness (QED) is 0.409. The molecule has 0 saturated carbocycles. The Morgan fingerprint density at radius 2 is 1.78 bits per heavy atom. The topological polar surface area (TPSA) is 118 Å². The van der Waals surface area contributed by atoms with Crippen LogP contribution >= 0.6 is 11.6 Å². The van der Waals surface area contributed by atoms with Crippen molar-refractivity contribution in [2.45, 2.75) is 6.18 Å². The number of hydrogen-bond donors (Lipinski definition) is 2. The molecule has 2 aromatic carbocycles. The van der Waals surface area contributed by atoms with Crippen LogP contribution in [0.5, 0.6) is 0 Å². The highest BCUT2D eigenvalue weighted by Crippen LogP contribution is 2.23. The van der Waals surface area contributed by atoms with E-state index in [1.807, 2.05) is 42.5 Å². The Morgan fingerprint density at radius 3 is 2.44 bits per heavy atom. The van der Waals surface area contributed by atoms with Crippen LogP contribution < -0.4 is 10.2 Å². The number of carbonyl (C=O) groups is 1. The minimum Gasteiger partial charge on any atom is -0.475 e. The molecule has 14 heteroatoms. The Labute approximate surface area is 207 Å². The predicted molar refractivity (Wildman–Crippen MR) is 126 cm³/mol. The molecule has 1 saturated heterocycles. The summed E-state index contributed by atoms with van der Waals surface area (Å²) in [6.45, 7) is 3.03. The van der Waals surface area contributed by atoms with E-state index >= 15 is 0 Å².